The molecule has 0 radical (unpaired) electrons. The molecule has 114 valence electrons. The standard InChI is InChI=1S/C16H34N2O/c1-6-8-10-14(9-7-2)18-15(19)13(12-17)11-16(3,4)5/h13-14H,6-12,17H2,1-5H3,(H,18,19). The number of rotatable bonds is 9. The number of nitrogens with one attached hydrogen (secondary N) is 1. The van der Waals surface area contributed by atoms with Crippen LogP contribution in [0.1, 0.15) is 73.1 Å². The molecule has 0 spiro atoms. The molecule has 19 heavy (non-hydrogen) atoms. The second-order valence-corrected chi connectivity index (χ2v) is 6.83. The first-order chi connectivity index (χ1) is 8.84. The van der Waals surface area contributed by atoms with E-state index in [1.165, 1.54) is 12.8 Å². The van der Waals surface area contributed by atoms with Crippen LogP contribution in [0.25, 0.3) is 0 Å². The Morgan fingerprint density at radius 2 is 1.79 bits per heavy atom. The second kappa shape index (κ2) is 9.35. The van der Waals surface area contributed by atoms with Crippen molar-refractivity contribution < 1.29 is 4.79 Å². The summed E-state index contributed by atoms with van der Waals surface area (Å²) in [5.74, 6) is 0.0907. The van der Waals surface area contributed by atoms with E-state index in [0.29, 0.717) is 12.6 Å². The lowest BCUT2D eigenvalue weighted by molar-refractivity contribution is -0.126. The highest BCUT2D eigenvalue weighted by atomic mass is 16.1. The first-order valence-electron chi connectivity index (χ1n) is 7.84. The van der Waals surface area contributed by atoms with Gasteiger partial charge in [0.25, 0.3) is 0 Å². The van der Waals surface area contributed by atoms with Crippen molar-refractivity contribution >= 4 is 5.91 Å². The summed E-state index contributed by atoms with van der Waals surface area (Å²) >= 11 is 0. The van der Waals surface area contributed by atoms with Crippen LogP contribution in [0.4, 0.5) is 0 Å². The molecule has 0 saturated carbocycles. The molecular weight excluding hydrogens is 236 g/mol. The maximum atomic E-state index is 12.3. The fourth-order valence-electron chi connectivity index (χ4n) is 2.43. The Morgan fingerprint density at radius 1 is 1.16 bits per heavy atom. The van der Waals surface area contributed by atoms with Crippen molar-refractivity contribution in [3.63, 3.8) is 0 Å². The van der Waals surface area contributed by atoms with Crippen LogP contribution in [0, 0.1) is 11.3 Å². The highest BCUT2D eigenvalue weighted by Crippen LogP contribution is 2.24. The summed E-state index contributed by atoms with van der Waals surface area (Å²) in [6.07, 6.45) is 6.47. The molecule has 0 aromatic carbocycles. The van der Waals surface area contributed by atoms with Gasteiger partial charge in [0.2, 0.25) is 5.91 Å². The maximum absolute atomic E-state index is 12.3. The summed E-state index contributed by atoms with van der Waals surface area (Å²) in [6, 6.07) is 0.325. The number of amides is 1. The Hall–Kier alpha value is -0.570. The van der Waals surface area contributed by atoms with E-state index in [1.54, 1.807) is 0 Å². The summed E-state index contributed by atoms with van der Waals surface area (Å²) < 4.78 is 0. The number of carbonyl (C=O) groups is 1. The van der Waals surface area contributed by atoms with Crippen molar-refractivity contribution in [1.29, 1.82) is 0 Å². The van der Waals surface area contributed by atoms with Crippen LogP contribution in [0.3, 0.4) is 0 Å². The average molecular weight is 270 g/mol. The highest BCUT2D eigenvalue weighted by molar-refractivity contribution is 5.79. The molecule has 3 N–H and O–H groups in total. The Morgan fingerprint density at radius 3 is 2.21 bits per heavy atom. The zero-order valence-electron chi connectivity index (χ0n) is 13.6. The van der Waals surface area contributed by atoms with Gasteiger partial charge in [0.1, 0.15) is 0 Å². The largest absolute Gasteiger partial charge is 0.353 e. The molecule has 0 fully saturated rings. The van der Waals surface area contributed by atoms with E-state index in [1.807, 2.05) is 0 Å². The van der Waals surface area contributed by atoms with Gasteiger partial charge in [-0.05, 0) is 24.7 Å². The van der Waals surface area contributed by atoms with Crippen LogP contribution in [0.15, 0.2) is 0 Å². The topological polar surface area (TPSA) is 55.1 Å². The van der Waals surface area contributed by atoms with Gasteiger partial charge in [-0.2, -0.15) is 0 Å². The molecule has 0 aliphatic heterocycles. The molecule has 0 heterocycles. The fourth-order valence-corrected chi connectivity index (χ4v) is 2.43. The van der Waals surface area contributed by atoms with Crippen LogP contribution in [0.5, 0.6) is 0 Å². The number of hydrogen-bond donors (Lipinski definition) is 2. The fraction of sp³-hybridized carbons (Fsp3) is 0.938. The average Bonchev–Trinajstić information content (AvgIpc) is 2.32. The molecule has 1 amide bonds. The van der Waals surface area contributed by atoms with Crippen molar-refractivity contribution in [3.05, 3.63) is 0 Å². The van der Waals surface area contributed by atoms with Gasteiger partial charge in [0.15, 0.2) is 0 Å². The smallest absolute Gasteiger partial charge is 0.224 e. The number of carbonyl (C=O) groups excluding carboxylic acids is 1. The highest BCUT2D eigenvalue weighted by Gasteiger charge is 2.25. The van der Waals surface area contributed by atoms with E-state index in [4.69, 9.17) is 5.73 Å². The summed E-state index contributed by atoms with van der Waals surface area (Å²) in [7, 11) is 0. The van der Waals surface area contributed by atoms with Gasteiger partial charge in [-0.25, -0.2) is 0 Å². The molecular formula is C16H34N2O. The number of unbranched alkanes of at least 4 members (excludes halogenated alkanes) is 1. The van der Waals surface area contributed by atoms with Gasteiger partial charge < -0.3 is 11.1 Å². The van der Waals surface area contributed by atoms with Crippen LogP contribution in [-0.4, -0.2) is 18.5 Å². The molecule has 0 aliphatic rings. The van der Waals surface area contributed by atoms with E-state index in [-0.39, 0.29) is 17.2 Å². The molecule has 2 unspecified atom stereocenters. The third kappa shape index (κ3) is 9.04. The molecule has 0 aromatic rings. The lowest BCUT2D eigenvalue weighted by Gasteiger charge is -2.26. The first-order valence-corrected chi connectivity index (χ1v) is 7.84. The SMILES string of the molecule is CCCCC(CCC)NC(=O)C(CN)CC(C)(C)C. The van der Waals surface area contributed by atoms with Crippen molar-refractivity contribution in [1.82, 2.24) is 5.32 Å². The van der Waals surface area contributed by atoms with E-state index < -0.39 is 0 Å². The predicted molar refractivity (Wildman–Crippen MR) is 83.0 cm³/mol. The molecule has 3 heteroatoms. The van der Waals surface area contributed by atoms with Gasteiger partial charge in [0, 0.05) is 12.6 Å². The van der Waals surface area contributed by atoms with E-state index in [0.717, 1.165) is 25.7 Å². The van der Waals surface area contributed by atoms with Crippen LogP contribution in [-0.2, 0) is 4.79 Å². The minimum Gasteiger partial charge on any atom is -0.353 e. The molecule has 0 bridgehead atoms. The quantitative estimate of drug-likeness (QED) is 0.674. The van der Waals surface area contributed by atoms with Gasteiger partial charge in [-0.3, -0.25) is 4.79 Å². The van der Waals surface area contributed by atoms with Gasteiger partial charge >= 0.3 is 0 Å². The van der Waals surface area contributed by atoms with Crippen molar-refractivity contribution in [2.24, 2.45) is 17.1 Å². The van der Waals surface area contributed by atoms with Gasteiger partial charge in [0.05, 0.1) is 5.92 Å². The molecule has 0 aromatic heterocycles. The summed E-state index contributed by atoms with van der Waals surface area (Å²) in [5.41, 5.74) is 5.91. The lowest BCUT2D eigenvalue weighted by Crippen LogP contribution is -2.42. The molecule has 0 rings (SSSR count). The third-order valence-corrected chi connectivity index (χ3v) is 3.40. The summed E-state index contributed by atoms with van der Waals surface area (Å²) in [5, 5.41) is 3.21. The zero-order valence-corrected chi connectivity index (χ0v) is 13.6. The predicted octanol–water partition coefficient (Wildman–Crippen LogP) is 3.47. The Balaban J connectivity index is 4.41. The molecule has 0 aliphatic carbocycles. The zero-order chi connectivity index (χ0) is 14.9. The van der Waals surface area contributed by atoms with Crippen LogP contribution in [0.2, 0.25) is 0 Å². The summed E-state index contributed by atoms with van der Waals surface area (Å²) in [6.45, 7) is 11.3. The van der Waals surface area contributed by atoms with Crippen molar-refractivity contribution in [2.75, 3.05) is 6.54 Å². The lowest BCUT2D eigenvalue weighted by atomic mass is 9.84. The maximum Gasteiger partial charge on any atom is 0.224 e. The van der Waals surface area contributed by atoms with Crippen LogP contribution < -0.4 is 11.1 Å². The summed E-state index contributed by atoms with van der Waals surface area (Å²) in [4.78, 5) is 12.3. The Labute approximate surface area is 119 Å². The molecule has 2 atom stereocenters. The van der Waals surface area contributed by atoms with E-state index in [2.05, 4.69) is 39.9 Å². The normalized spacial score (nSPS) is 15.1. The van der Waals surface area contributed by atoms with Gasteiger partial charge in [-0.1, -0.05) is 53.9 Å². The van der Waals surface area contributed by atoms with Crippen molar-refractivity contribution in [3.8, 4) is 0 Å². The van der Waals surface area contributed by atoms with E-state index in [9.17, 15) is 4.79 Å². The number of nitrogens with two attached hydrogens (primary N) is 1. The third-order valence-electron chi connectivity index (χ3n) is 3.40. The molecule has 0 saturated heterocycles. The van der Waals surface area contributed by atoms with Crippen LogP contribution >= 0.6 is 0 Å². The second-order valence-electron chi connectivity index (χ2n) is 6.83. The Bertz CT molecular complexity index is 246. The number of hydrogen-bond acceptors (Lipinski definition) is 2. The minimum absolute atomic E-state index is 0.0546. The van der Waals surface area contributed by atoms with Crippen molar-refractivity contribution in [2.45, 2.75) is 79.2 Å². The monoisotopic (exact) mass is 270 g/mol. The molecule has 3 nitrogen and oxygen atoms in total. The minimum atomic E-state index is -0.0546. The van der Waals surface area contributed by atoms with Gasteiger partial charge in [-0.15, -0.1) is 0 Å². The van der Waals surface area contributed by atoms with E-state index >= 15 is 0 Å². The Kier molecular flexibility index (Phi) is 9.07. The first kappa shape index (κ1) is 18.4.